The van der Waals surface area contributed by atoms with Gasteiger partial charge in [0.05, 0.1) is 7.11 Å². The maximum atomic E-state index is 5.44. The fourth-order valence-corrected chi connectivity index (χ4v) is 2.32. The fourth-order valence-electron chi connectivity index (χ4n) is 2.32. The van der Waals surface area contributed by atoms with Gasteiger partial charge in [-0.3, -0.25) is 0 Å². The molecule has 0 aromatic heterocycles. The Labute approximate surface area is 112 Å². The van der Waals surface area contributed by atoms with Crippen LogP contribution in [0.15, 0.2) is 18.2 Å². The van der Waals surface area contributed by atoms with Gasteiger partial charge in [-0.1, -0.05) is 43.9 Å². The van der Waals surface area contributed by atoms with Gasteiger partial charge in [0.25, 0.3) is 0 Å². The number of rotatable bonds is 8. The van der Waals surface area contributed by atoms with E-state index in [1.807, 2.05) is 0 Å². The van der Waals surface area contributed by atoms with E-state index >= 15 is 0 Å². The molecule has 1 unspecified atom stereocenters. The lowest BCUT2D eigenvalue weighted by atomic mass is 9.98. The van der Waals surface area contributed by atoms with Crippen LogP contribution in [0.2, 0.25) is 0 Å². The normalized spacial score (nSPS) is 12.4. The third-order valence-electron chi connectivity index (χ3n) is 3.47. The second-order valence-corrected chi connectivity index (χ2v) is 5.00. The van der Waals surface area contributed by atoms with Gasteiger partial charge < -0.3 is 10.1 Å². The highest BCUT2D eigenvalue weighted by Gasteiger charge is 2.10. The quantitative estimate of drug-likeness (QED) is 0.709. The van der Waals surface area contributed by atoms with E-state index in [-0.39, 0.29) is 0 Å². The number of nitrogens with one attached hydrogen (secondary N) is 1. The van der Waals surface area contributed by atoms with Gasteiger partial charge in [0, 0.05) is 6.04 Å². The summed E-state index contributed by atoms with van der Waals surface area (Å²) in [6, 6.07) is 6.97. The SMILES string of the molecule is CCCCCC(Cc1cc(C)ccc1OC)NC. The Morgan fingerprint density at radius 2 is 2.06 bits per heavy atom. The Kier molecular flexibility index (Phi) is 6.81. The molecule has 0 aliphatic rings. The van der Waals surface area contributed by atoms with E-state index < -0.39 is 0 Å². The van der Waals surface area contributed by atoms with E-state index in [1.54, 1.807) is 7.11 Å². The van der Waals surface area contributed by atoms with E-state index in [4.69, 9.17) is 4.74 Å². The Bertz CT molecular complexity index is 349. The van der Waals surface area contributed by atoms with Crippen LogP contribution >= 0.6 is 0 Å². The highest BCUT2D eigenvalue weighted by molar-refractivity contribution is 5.37. The zero-order chi connectivity index (χ0) is 13.4. The van der Waals surface area contributed by atoms with Crippen molar-refractivity contribution in [2.45, 2.75) is 52.0 Å². The average molecular weight is 249 g/mol. The molecule has 0 amide bonds. The smallest absolute Gasteiger partial charge is 0.122 e. The van der Waals surface area contributed by atoms with E-state index in [1.165, 1.54) is 36.8 Å². The Hall–Kier alpha value is -1.02. The highest BCUT2D eigenvalue weighted by atomic mass is 16.5. The number of methoxy groups -OCH3 is 1. The first-order chi connectivity index (χ1) is 8.71. The molecule has 1 atom stereocenters. The molecule has 102 valence electrons. The first kappa shape index (κ1) is 15.0. The number of hydrogen-bond acceptors (Lipinski definition) is 2. The molecule has 0 fully saturated rings. The summed E-state index contributed by atoms with van der Waals surface area (Å²) in [4.78, 5) is 0. The first-order valence-electron chi connectivity index (χ1n) is 7.02. The molecule has 1 aromatic rings. The molecule has 0 spiro atoms. The monoisotopic (exact) mass is 249 g/mol. The molecule has 2 nitrogen and oxygen atoms in total. The molecule has 1 aromatic carbocycles. The van der Waals surface area contributed by atoms with Crippen molar-refractivity contribution in [3.63, 3.8) is 0 Å². The first-order valence-corrected chi connectivity index (χ1v) is 7.02. The van der Waals surface area contributed by atoms with E-state index in [9.17, 15) is 0 Å². The highest BCUT2D eigenvalue weighted by Crippen LogP contribution is 2.22. The second-order valence-electron chi connectivity index (χ2n) is 5.00. The number of likely N-dealkylation sites (N-methyl/N-ethyl adjacent to an activating group) is 1. The van der Waals surface area contributed by atoms with Crippen LogP contribution in [-0.2, 0) is 6.42 Å². The molecular formula is C16H27NO. The van der Waals surface area contributed by atoms with Crippen LogP contribution in [0.5, 0.6) is 5.75 Å². The number of aryl methyl sites for hydroxylation is 1. The van der Waals surface area contributed by atoms with Gasteiger partial charge in [-0.15, -0.1) is 0 Å². The summed E-state index contributed by atoms with van der Waals surface area (Å²) < 4.78 is 5.44. The van der Waals surface area contributed by atoms with E-state index in [0.717, 1.165) is 12.2 Å². The van der Waals surface area contributed by atoms with Crippen molar-refractivity contribution in [1.29, 1.82) is 0 Å². The zero-order valence-corrected chi connectivity index (χ0v) is 12.3. The minimum absolute atomic E-state index is 0.548. The maximum Gasteiger partial charge on any atom is 0.122 e. The minimum atomic E-state index is 0.548. The predicted octanol–water partition coefficient (Wildman–Crippen LogP) is 3.71. The lowest BCUT2D eigenvalue weighted by Crippen LogP contribution is -2.27. The summed E-state index contributed by atoms with van der Waals surface area (Å²) in [5.74, 6) is 1.01. The van der Waals surface area contributed by atoms with Gasteiger partial charge in [0.15, 0.2) is 0 Å². The molecule has 0 radical (unpaired) electrons. The van der Waals surface area contributed by atoms with Crippen molar-refractivity contribution in [1.82, 2.24) is 5.32 Å². The maximum absolute atomic E-state index is 5.44. The largest absolute Gasteiger partial charge is 0.496 e. The number of hydrogen-bond donors (Lipinski definition) is 1. The lowest BCUT2D eigenvalue weighted by molar-refractivity contribution is 0.403. The Morgan fingerprint density at radius 3 is 2.67 bits per heavy atom. The molecule has 1 rings (SSSR count). The van der Waals surface area contributed by atoms with Gasteiger partial charge in [-0.2, -0.15) is 0 Å². The standard InChI is InChI=1S/C16H27NO/c1-5-6-7-8-15(17-3)12-14-11-13(2)9-10-16(14)18-4/h9-11,15,17H,5-8,12H2,1-4H3. The molecule has 0 heterocycles. The molecule has 18 heavy (non-hydrogen) atoms. The molecule has 0 aliphatic carbocycles. The Balaban J connectivity index is 2.65. The third-order valence-corrected chi connectivity index (χ3v) is 3.47. The zero-order valence-electron chi connectivity index (χ0n) is 12.3. The van der Waals surface area contributed by atoms with E-state index in [0.29, 0.717) is 6.04 Å². The second kappa shape index (κ2) is 8.15. The van der Waals surface area contributed by atoms with Crippen LogP contribution in [-0.4, -0.2) is 20.2 Å². The molecular weight excluding hydrogens is 222 g/mol. The van der Waals surface area contributed by atoms with Gasteiger partial charge in [0.1, 0.15) is 5.75 Å². The van der Waals surface area contributed by atoms with Crippen molar-refractivity contribution in [2.75, 3.05) is 14.2 Å². The van der Waals surface area contributed by atoms with Crippen molar-refractivity contribution in [3.05, 3.63) is 29.3 Å². The third kappa shape index (κ3) is 4.69. The van der Waals surface area contributed by atoms with Crippen molar-refractivity contribution in [3.8, 4) is 5.75 Å². The van der Waals surface area contributed by atoms with E-state index in [2.05, 4.69) is 44.4 Å². The predicted molar refractivity (Wildman–Crippen MR) is 78.4 cm³/mol. The number of ether oxygens (including phenoxy) is 1. The molecule has 2 heteroatoms. The summed E-state index contributed by atoms with van der Waals surface area (Å²) in [5, 5.41) is 3.42. The van der Waals surface area contributed by atoms with Crippen molar-refractivity contribution in [2.24, 2.45) is 0 Å². The van der Waals surface area contributed by atoms with Gasteiger partial charge in [-0.05, 0) is 38.4 Å². The Morgan fingerprint density at radius 1 is 1.28 bits per heavy atom. The summed E-state index contributed by atoms with van der Waals surface area (Å²) in [5.41, 5.74) is 2.61. The topological polar surface area (TPSA) is 21.3 Å². The average Bonchev–Trinajstić information content (AvgIpc) is 2.38. The van der Waals surface area contributed by atoms with Gasteiger partial charge >= 0.3 is 0 Å². The molecule has 0 aliphatic heterocycles. The summed E-state index contributed by atoms with van der Waals surface area (Å²) in [6.07, 6.45) is 6.19. The van der Waals surface area contributed by atoms with Crippen LogP contribution in [0.1, 0.15) is 43.7 Å². The summed E-state index contributed by atoms with van der Waals surface area (Å²) in [6.45, 7) is 4.38. The molecule has 0 saturated carbocycles. The van der Waals surface area contributed by atoms with Crippen molar-refractivity contribution < 1.29 is 4.74 Å². The van der Waals surface area contributed by atoms with Crippen LogP contribution in [0, 0.1) is 6.92 Å². The van der Waals surface area contributed by atoms with Crippen molar-refractivity contribution >= 4 is 0 Å². The lowest BCUT2D eigenvalue weighted by Gasteiger charge is -2.18. The van der Waals surface area contributed by atoms with Gasteiger partial charge in [0.2, 0.25) is 0 Å². The summed E-state index contributed by atoms with van der Waals surface area (Å²) in [7, 11) is 3.80. The van der Waals surface area contributed by atoms with Crippen LogP contribution in [0.25, 0.3) is 0 Å². The van der Waals surface area contributed by atoms with Gasteiger partial charge in [-0.25, -0.2) is 0 Å². The number of unbranched alkanes of at least 4 members (excludes halogenated alkanes) is 2. The molecule has 0 saturated heterocycles. The molecule has 0 bridgehead atoms. The fraction of sp³-hybridized carbons (Fsp3) is 0.625. The van der Waals surface area contributed by atoms with Crippen LogP contribution < -0.4 is 10.1 Å². The van der Waals surface area contributed by atoms with Crippen LogP contribution in [0.4, 0.5) is 0 Å². The summed E-state index contributed by atoms with van der Waals surface area (Å²) >= 11 is 0. The number of benzene rings is 1. The molecule has 1 N–H and O–H groups in total. The van der Waals surface area contributed by atoms with Crippen LogP contribution in [0.3, 0.4) is 0 Å². The minimum Gasteiger partial charge on any atom is -0.496 e.